The third kappa shape index (κ3) is 3.07. The van der Waals surface area contributed by atoms with Gasteiger partial charge in [-0.25, -0.2) is 0 Å². The molecule has 0 bridgehead atoms. The van der Waals surface area contributed by atoms with Gasteiger partial charge in [0.15, 0.2) is 5.76 Å². The zero-order valence-corrected chi connectivity index (χ0v) is 14.4. The number of benzene rings is 1. The summed E-state index contributed by atoms with van der Waals surface area (Å²) in [5, 5.41) is 4.04. The number of nitrogens with zero attached hydrogens (tertiary/aromatic N) is 2. The molecule has 6 nitrogen and oxygen atoms in total. The van der Waals surface area contributed by atoms with E-state index in [1.165, 1.54) is 0 Å². The molecule has 25 heavy (non-hydrogen) atoms. The highest BCUT2D eigenvalue weighted by atomic mass is 16.5. The van der Waals surface area contributed by atoms with E-state index in [-0.39, 0.29) is 11.5 Å². The number of carbonyl (C=O) groups excluding carboxylic acids is 1. The van der Waals surface area contributed by atoms with Gasteiger partial charge in [0.2, 0.25) is 0 Å². The third-order valence-electron chi connectivity index (χ3n) is 5.05. The summed E-state index contributed by atoms with van der Waals surface area (Å²) in [5.74, 6) is 0.502. The summed E-state index contributed by atoms with van der Waals surface area (Å²) in [5.41, 5.74) is 1.76. The minimum absolute atomic E-state index is 0.0354. The first kappa shape index (κ1) is 16.3. The van der Waals surface area contributed by atoms with Crippen LogP contribution in [-0.4, -0.2) is 54.5 Å². The van der Waals surface area contributed by atoms with Crippen molar-refractivity contribution in [3.63, 3.8) is 0 Å². The molecule has 0 saturated carbocycles. The summed E-state index contributed by atoms with van der Waals surface area (Å²) in [6, 6.07) is 9.64. The average molecular weight is 342 g/mol. The average Bonchev–Trinajstić information content (AvgIpc) is 3.04. The fraction of sp³-hybridized carbons (Fsp3) is 0.474. The number of carbonyl (C=O) groups is 1. The van der Waals surface area contributed by atoms with Crippen molar-refractivity contribution in [2.75, 3.05) is 32.9 Å². The van der Waals surface area contributed by atoms with Crippen molar-refractivity contribution < 1.29 is 18.8 Å². The molecule has 1 spiro atoms. The number of hydrogen-bond acceptors (Lipinski definition) is 5. The maximum atomic E-state index is 13.2. The fourth-order valence-corrected chi connectivity index (χ4v) is 3.63. The summed E-state index contributed by atoms with van der Waals surface area (Å²) in [6.07, 6.45) is 1.65. The molecule has 1 aromatic heterocycles. The highest BCUT2D eigenvalue weighted by molar-refractivity contribution is 6.00. The molecule has 0 atom stereocenters. The Bertz CT molecular complexity index is 745. The van der Waals surface area contributed by atoms with E-state index in [4.69, 9.17) is 14.0 Å². The van der Waals surface area contributed by atoms with Crippen molar-refractivity contribution in [3.8, 4) is 11.3 Å². The lowest BCUT2D eigenvalue weighted by molar-refractivity contribution is -0.146. The van der Waals surface area contributed by atoms with E-state index < -0.39 is 0 Å². The summed E-state index contributed by atoms with van der Waals surface area (Å²) in [4.78, 5) is 15.1. The summed E-state index contributed by atoms with van der Waals surface area (Å²) >= 11 is 0. The summed E-state index contributed by atoms with van der Waals surface area (Å²) in [6.45, 7) is 4.91. The van der Waals surface area contributed by atoms with E-state index in [0.29, 0.717) is 49.9 Å². The number of ether oxygens (including phenoxy) is 2. The molecule has 2 aromatic rings. The van der Waals surface area contributed by atoms with Crippen LogP contribution in [0.3, 0.4) is 0 Å². The minimum atomic E-state index is -0.274. The molecule has 2 aliphatic heterocycles. The first-order chi connectivity index (χ1) is 12.2. The first-order valence-electron chi connectivity index (χ1n) is 8.71. The second kappa shape index (κ2) is 6.61. The van der Waals surface area contributed by atoms with E-state index in [9.17, 15) is 4.79 Å². The lowest BCUT2D eigenvalue weighted by atomic mass is 9.91. The zero-order chi connectivity index (χ0) is 17.3. The molecule has 2 saturated heterocycles. The molecule has 4 rings (SSSR count). The molecular formula is C19H22N2O4. The van der Waals surface area contributed by atoms with Crippen LogP contribution in [0.1, 0.15) is 28.9 Å². The van der Waals surface area contributed by atoms with Gasteiger partial charge in [-0.3, -0.25) is 4.79 Å². The van der Waals surface area contributed by atoms with E-state index in [1.807, 2.05) is 42.2 Å². The number of aromatic nitrogens is 1. The molecule has 1 amide bonds. The van der Waals surface area contributed by atoms with Gasteiger partial charge in [0, 0.05) is 38.2 Å². The van der Waals surface area contributed by atoms with Gasteiger partial charge in [0.05, 0.1) is 24.4 Å². The molecule has 3 heterocycles. The SMILES string of the molecule is Cc1noc(-c2ccccc2)c1C(=O)N1CCOC2(CCOCC2)C1. The lowest BCUT2D eigenvalue weighted by Crippen LogP contribution is -2.55. The number of aryl methyl sites for hydroxylation is 1. The van der Waals surface area contributed by atoms with E-state index in [2.05, 4.69) is 5.16 Å². The molecule has 0 radical (unpaired) electrons. The van der Waals surface area contributed by atoms with Gasteiger partial charge < -0.3 is 18.9 Å². The molecular weight excluding hydrogens is 320 g/mol. The van der Waals surface area contributed by atoms with E-state index in [0.717, 1.165) is 18.4 Å². The van der Waals surface area contributed by atoms with Gasteiger partial charge in [-0.15, -0.1) is 0 Å². The van der Waals surface area contributed by atoms with Crippen molar-refractivity contribution in [2.24, 2.45) is 0 Å². The van der Waals surface area contributed by atoms with Gasteiger partial charge in [-0.2, -0.15) is 0 Å². The molecule has 6 heteroatoms. The Kier molecular flexibility index (Phi) is 4.31. The Morgan fingerprint density at radius 1 is 1.16 bits per heavy atom. The molecule has 0 unspecified atom stereocenters. The monoisotopic (exact) mass is 342 g/mol. The summed E-state index contributed by atoms with van der Waals surface area (Å²) in [7, 11) is 0. The zero-order valence-electron chi connectivity index (χ0n) is 14.4. The van der Waals surface area contributed by atoms with E-state index in [1.54, 1.807) is 0 Å². The fourth-order valence-electron chi connectivity index (χ4n) is 3.63. The molecule has 2 aliphatic rings. The lowest BCUT2D eigenvalue weighted by Gasteiger charge is -2.44. The summed E-state index contributed by atoms with van der Waals surface area (Å²) < 4.78 is 17.0. The van der Waals surface area contributed by atoms with Gasteiger partial charge in [0.25, 0.3) is 5.91 Å². The number of hydrogen-bond donors (Lipinski definition) is 0. The van der Waals surface area contributed by atoms with Gasteiger partial charge in [-0.1, -0.05) is 35.5 Å². The van der Waals surface area contributed by atoms with Crippen LogP contribution in [0, 0.1) is 6.92 Å². The van der Waals surface area contributed by atoms with Crippen molar-refractivity contribution in [3.05, 3.63) is 41.6 Å². The molecule has 132 valence electrons. The Morgan fingerprint density at radius 2 is 1.92 bits per heavy atom. The second-order valence-electron chi connectivity index (χ2n) is 6.71. The Labute approximate surface area is 146 Å². The van der Waals surface area contributed by atoms with Crippen LogP contribution in [0.25, 0.3) is 11.3 Å². The van der Waals surface area contributed by atoms with Crippen LogP contribution in [-0.2, 0) is 9.47 Å². The quantitative estimate of drug-likeness (QED) is 0.839. The highest BCUT2D eigenvalue weighted by Crippen LogP contribution is 2.32. The maximum absolute atomic E-state index is 13.2. The predicted octanol–water partition coefficient (Wildman–Crippen LogP) is 2.67. The number of morpholine rings is 1. The molecule has 1 aromatic carbocycles. The Hall–Kier alpha value is -2.18. The maximum Gasteiger partial charge on any atom is 0.259 e. The van der Waals surface area contributed by atoms with Gasteiger partial charge >= 0.3 is 0 Å². The van der Waals surface area contributed by atoms with Crippen molar-refractivity contribution in [1.82, 2.24) is 10.1 Å². The Morgan fingerprint density at radius 3 is 2.68 bits per heavy atom. The van der Waals surface area contributed by atoms with Crippen LogP contribution in [0.2, 0.25) is 0 Å². The van der Waals surface area contributed by atoms with Gasteiger partial charge in [-0.05, 0) is 6.92 Å². The third-order valence-corrected chi connectivity index (χ3v) is 5.05. The topological polar surface area (TPSA) is 64.8 Å². The van der Waals surface area contributed by atoms with Crippen molar-refractivity contribution in [1.29, 1.82) is 0 Å². The minimum Gasteiger partial charge on any atom is -0.381 e. The smallest absolute Gasteiger partial charge is 0.259 e. The largest absolute Gasteiger partial charge is 0.381 e. The van der Waals surface area contributed by atoms with Crippen molar-refractivity contribution >= 4 is 5.91 Å². The van der Waals surface area contributed by atoms with Crippen LogP contribution in [0.4, 0.5) is 0 Å². The highest BCUT2D eigenvalue weighted by Gasteiger charge is 2.41. The van der Waals surface area contributed by atoms with Crippen LogP contribution in [0.5, 0.6) is 0 Å². The number of amides is 1. The number of rotatable bonds is 2. The molecule has 0 N–H and O–H groups in total. The predicted molar refractivity (Wildman–Crippen MR) is 91.3 cm³/mol. The first-order valence-corrected chi connectivity index (χ1v) is 8.71. The Balaban J connectivity index is 1.62. The molecule has 0 aliphatic carbocycles. The molecule has 2 fully saturated rings. The standard InChI is InChI=1S/C19H22N2O4/c1-14-16(17(25-20-14)15-5-3-2-4-6-15)18(22)21-9-12-24-19(13-21)7-10-23-11-8-19/h2-6H,7-13H2,1H3. The van der Waals surface area contributed by atoms with E-state index >= 15 is 0 Å². The normalized spacial score (nSPS) is 20.0. The van der Waals surface area contributed by atoms with Crippen LogP contribution in [0.15, 0.2) is 34.9 Å². The van der Waals surface area contributed by atoms with Crippen molar-refractivity contribution in [2.45, 2.75) is 25.4 Å². The van der Waals surface area contributed by atoms with Crippen LogP contribution >= 0.6 is 0 Å². The van der Waals surface area contributed by atoms with Crippen LogP contribution < -0.4 is 0 Å². The van der Waals surface area contributed by atoms with Gasteiger partial charge in [0.1, 0.15) is 5.56 Å². The second-order valence-corrected chi connectivity index (χ2v) is 6.71.